The molecular formula is C15H23BrO. The zero-order chi connectivity index (χ0) is 13.0. The predicted molar refractivity (Wildman–Crippen MR) is 77.1 cm³/mol. The van der Waals surface area contributed by atoms with Crippen LogP contribution in [0.2, 0.25) is 0 Å². The van der Waals surface area contributed by atoms with Crippen molar-refractivity contribution in [3.05, 3.63) is 33.8 Å². The highest BCUT2D eigenvalue weighted by Crippen LogP contribution is 2.28. The van der Waals surface area contributed by atoms with Gasteiger partial charge in [0.15, 0.2) is 0 Å². The predicted octanol–water partition coefficient (Wildman–Crippen LogP) is 4.86. The highest BCUT2D eigenvalue weighted by atomic mass is 79.9. The van der Waals surface area contributed by atoms with Crippen molar-refractivity contribution in [2.75, 3.05) is 0 Å². The summed E-state index contributed by atoms with van der Waals surface area (Å²) in [6.07, 6.45) is 1.67. The zero-order valence-corrected chi connectivity index (χ0v) is 12.8. The van der Waals surface area contributed by atoms with Gasteiger partial charge in [0.05, 0.1) is 6.10 Å². The van der Waals surface area contributed by atoms with E-state index in [1.807, 2.05) is 12.1 Å². The molecule has 0 fully saturated rings. The van der Waals surface area contributed by atoms with E-state index in [9.17, 15) is 5.11 Å². The molecule has 2 unspecified atom stereocenters. The van der Waals surface area contributed by atoms with Crippen LogP contribution >= 0.6 is 15.9 Å². The van der Waals surface area contributed by atoms with Gasteiger partial charge in [0.25, 0.3) is 0 Å². The van der Waals surface area contributed by atoms with Gasteiger partial charge in [-0.05, 0) is 48.8 Å². The molecule has 0 heterocycles. The first-order valence-electron chi connectivity index (χ1n) is 6.34. The summed E-state index contributed by atoms with van der Waals surface area (Å²) in [6.45, 7) is 8.73. The lowest BCUT2D eigenvalue weighted by Crippen LogP contribution is -2.07. The largest absolute Gasteiger partial charge is 0.388 e. The third-order valence-corrected chi connectivity index (χ3v) is 3.93. The Bertz CT molecular complexity index is 360. The topological polar surface area (TPSA) is 20.2 Å². The summed E-state index contributed by atoms with van der Waals surface area (Å²) >= 11 is 3.51. The Morgan fingerprint density at radius 3 is 2.35 bits per heavy atom. The Hall–Kier alpha value is -0.340. The fourth-order valence-electron chi connectivity index (χ4n) is 2.23. The van der Waals surface area contributed by atoms with E-state index in [1.165, 1.54) is 12.0 Å². The summed E-state index contributed by atoms with van der Waals surface area (Å²) in [6, 6.07) is 6.10. The lowest BCUT2D eigenvalue weighted by molar-refractivity contribution is 0.142. The van der Waals surface area contributed by atoms with Crippen molar-refractivity contribution in [2.24, 2.45) is 11.8 Å². The third kappa shape index (κ3) is 4.81. The number of benzene rings is 1. The number of aliphatic hydroxyl groups excluding tert-OH is 1. The minimum absolute atomic E-state index is 0.347. The lowest BCUT2D eigenvalue weighted by atomic mass is 9.91. The van der Waals surface area contributed by atoms with Crippen molar-refractivity contribution in [3.63, 3.8) is 0 Å². The minimum Gasteiger partial charge on any atom is -0.388 e. The van der Waals surface area contributed by atoms with Gasteiger partial charge < -0.3 is 5.11 Å². The van der Waals surface area contributed by atoms with Crippen LogP contribution in [0.25, 0.3) is 0 Å². The number of halogens is 1. The maximum Gasteiger partial charge on any atom is 0.0793 e. The van der Waals surface area contributed by atoms with Crippen LogP contribution in [0.5, 0.6) is 0 Å². The van der Waals surface area contributed by atoms with Gasteiger partial charge in [0, 0.05) is 4.47 Å². The maximum atomic E-state index is 10.2. The molecule has 96 valence electrons. The first-order valence-corrected chi connectivity index (χ1v) is 7.13. The SMILES string of the molecule is Cc1ccc(C(O)CC(C)CC(C)C)cc1Br. The van der Waals surface area contributed by atoms with Gasteiger partial charge in [0.2, 0.25) is 0 Å². The molecular weight excluding hydrogens is 276 g/mol. The summed E-state index contributed by atoms with van der Waals surface area (Å²) in [5.74, 6) is 1.26. The molecule has 0 spiro atoms. The standard InChI is InChI=1S/C15H23BrO/c1-10(2)7-11(3)8-15(17)13-6-5-12(4)14(16)9-13/h5-6,9-11,15,17H,7-8H2,1-4H3. The van der Waals surface area contributed by atoms with Gasteiger partial charge in [-0.2, -0.15) is 0 Å². The van der Waals surface area contributed by atoms with Crippen molar-refractivity contribution < 1.29 is 5.11 Å². The van der Waals surface area contributed by atoms with Crippen LogP contribution in [0.1, 0.15) is 50.8 Å². The summed E-state index contributed by atoms with van der Waals surface area (Å²) in [5.41, 5.74) is 2.22. The number of hydrogen-bond donors (Lipinski definition) is 1. The van der Waals surface area contributed by atoms with E-state index in [0.29, 0.717) is 11.8 Å². The Morgan fingerprint density at radius 1 is 1.18 bits per heavy atom. The fraction of sp³-hybridized carbons (Fsp3) is 0.600. The van der Waals surface area contributed by atoms with E-state index in [0.717, 1.165) is 16.5 Å². The van der Waals surface area contributed by atoms with Gasteiger partial charge in [-0.1, -0.05) is 48.8 Å². The normalized spacial score (nSPS) is 15.0. The van der Waals surface area contributed by atoms with E-state index in [2.05, 4.69) is 49.7 Å². The van der Waals surface area contributed by atoms with Crippen LogP contribution in [-0.4, -0.2) is 5.11 Å². The molecule has 1 N–H and O–H groups in total. The second-order valence-corrected chi connectivity index (χ2v) is 6.35. The molecule has 1 aromatic rings. The Morgan fingerprint density at radius 2 is 1.82 bits per heavy atom. The smallest absolute Gasteiger partial charge is 0.0793 e. The van der Waals surface area contributed by atoms with Crippen molar-refractivity contribution in [1.82, 2.24) is 0 Å². The summed E-state index contributed by atoms with van der Waals surface area (Å²) < 4.78 is 1.07. The molecule has 0 saturated carbocycles. The molecule has 17 heavy (non-hydrogen) atoms. The van der Waals surface area contributed by atoms with E-state index in [1.54, 1.807) is 0 Å². The van der Waals surface area contributed by atoms with Crippen LogP contribution in [-0.2, 0) is 0 Å². The number of hydrogen-bond acceptors (Lipinski definition) is 1. The third-order valence-electron chi connectivity index (χ3n) is 3.08. The van der Waals surface area contributed by atoms with E-state index >= 15 is 0 Å². The van der Waals surface area contributed by atoms with Crippen LogP contribution in [0, 0.1) is 18.8 Å². The summed E-state index contributed by atoms with van der Waals surface area (Å²) in [5, 5.41) is 10.2. The van der Waals surface area contributed by atoms with Crippen LogP contribution < -0.4 is 0 Å². The summed E-state index contributed by atoms with van der Waals surface area (Å²) in [7, 11) is 0. The molecule has 0 amide bonds. The van der Waals surface area contributed by atoms with Gasteiger partial charge in [-0.3, -0.25) is 0 Å². The number of aryl methyl sites for hydroxylation is 1. The Balaban J connectivity index is 2.63. The van der Waals surface area contributed by atoms with Gasteiger partial charge in [0.1, 0.15) is 0 Å². The Labute approximate surface area is 113 Å². The first kappa shape index (κ1) is 14.7. The number of aliphatic hydroxyl groups is 1. The van der Waals surface area contributed by atoms with Gasteiger partial charge in [-0.15, -0.1) is 0 Å². The Kier molecular flexibility index (Phi) is 5.68. The fourth-order valence-corrected chi connectivity index (χ4v) is 2.63. The quantitative estimate of drug-likeness (QED) is 0.823. The minimum atomic E-state index is -0.347. The van der Waals surface area contributed by atoms with Crippen LogP contribution in [0.4, 0.5) is 0 Å². The molecule has 0 aliphatic heterocycles. The summed E-state index contributed by atoms with van der Waals surface area (Å²) in [4.78, 5) is 0. The molecule has 0 aliphatic rings. The van der Waals surface area contributed by atoms with Crippen molar-refractivity contribution in [3.8, 4) is 0 Å². The van der Waals surface area contributed by atoms with Crippen molar-refractivity contribution >= 4 is 15.9 Å². The van der Waals surface area contributed by atoms with Crippen LogP contribution in [0.3, 0.4) is 0 Å². The highest BCUT2D eigenvalue weighted by Gasteiger charge is 2.14. The molecule has 0 saturated heterocycles. The van der Waals surface area contributed by atoms with Crippen molar-refractivity contribution in [1.29, 1.82) is 0 Å². The molecule has 0 aromatic heterocycles. The molecule has 1 rings (SSSR count). The maximum absolute atomic E-state index is 10.2. The van der Waals surface area contributed by atoms with E-state index < -0.39 is 0 Å². The molecule has 1 aromatic carbocycles. The van der Waals surface area contributed by atoms with Gasteiger partial charge in [-0.25, -0.2) is 0 Å². The molecule has 0 aliphatic carbocycles. The number of rotatable bonds is 5. The zero-order valence-electron chi connectivity index (χ0n) is 11.2. The molecule has 2 heteroatoms. The molecule has 0 bridgehead atoms. The second-order valence-electron chi connectivity index (χ2n) is 5.49. The van der Waals surface area contributed by atoms with E-state index in [-0.39, 0.29) is 6.10 Å². The second kappa shape index (κ2) is 6.55. The molecule has 0 radical (unpaired) electrons. The lowest BCUT2D eigenvalue weighted by Gasteiger charge is -2.18. The van der Waals surface area contributed by atoms with E-state index in [4.69, 9.17) is 0 Å². The monoisotopic (exact) mass is 298 g/mol. The average Bonchev–Trinajstić information content (AvgIpc) is 2.20. The van der Waals surface area contributed by atoms with Gasteiger partial charge >= 0.3 is 0 Å². The van der Waals surface area contributed by atoms with Crippen molar-refractivity contribution in [2.45, 2.75) is 46.6 Å². The first-order chi connectivity index (χ1) is 7.90. The highest BCUT2D eigenvalue weighted by molar-refractivity contribution is 9.10. The average molecular weight is 299 g/mol. The molecule has 2 atom stereocenters. The molecule has 1 nitrogen and oxygen atoms in total. The van der Waals surface area contributed by atoms with Crippen LogP contribution in [0.15, 0.2) is 22.7 Å².